The van der Waals surface area contributed by atoms with Crippen molar-refractivity contribution < 1.29 is 5.11 Å². The molecule has 3 aromatic rings. The van der Waals surface area contributed by atoms with E-state index in [0.717, 1.165) is 11.4 Å². The third-order valence-corrected chi connectivity index (χ3v) is 2.73. The average molecular weight is 239 g/mol. The molecule has 0 radical (unpaired) electrons. The molecule has 0 unspecified atom stereocenters. The van der Waals surface area contributed by atoms with Gasteiger partial charge < -0.3 is 5.11 Å². The van der Waals surface area contributed by atoms with Crippen LogP contribution in [-0.4, -0.2) is 19.7 Å². The van der Waals surface area contributed by atoms with Crippen LogP contribution in [0.1, 0.15) is 11.4 Å². The number of fused-ring (bicyclic) bond motifs is 1. The Morgan fingerprint density at radius 3 is 2.33 bits per heavy atom. The standard InChI is InChI=1S/C13H12N4O/c1-8-7-9(2)17(16-8)12-13(18)15-11-6-4-3-5-10(11)14-12/h3-7H,1-2H3,(H,15,18)/p-1. The normalized spacial score (nSPS) is 11.0. The summed E-state index contributed by atoms with van der Waals surface area (Å²) in [6, 6.07) is 9.20. The minimum Gasteiger partial charge on any atom is -0.856 e. The summed E-state index contributed by atoms with van der Waals surface area (Å²) >= 11 is 0. The van der Waals surface area contributed by atoms with E-state index in [4.69, 9.17) is 0 Å². The maximum Gasteiger partial charge on any atom is 0.165 e. The zero-order valence-electron chi connectivity index (χ0n) is 10.1. The summed E-state index contributed by atoms with van der Waals surface area (Å²) in [6.45, 7) is 3.76. The first-order valence-corrected chi connectivity index (χ1v) is 5.62. The minimum atomic E-state index is -0.361. The van der Waals surface area contributed by atoms with Gasteiger partial charge in [0, 0.05) is 11.6 Å². The molecule has 1 aromatic carbocycles. The first kappa shape index (κ1) is 10.7. The molecule has 0 fully saturated rings. The monoisotopic (exact) mass is 239 g/mol. The summed E-state index contributed by atoms with van der Waals surface area (Å²) in [5.41, 5.74) is 3.02. The van der Waals surface area contributed by atoms with Crippen LogP contribution in [0.25, 0.3) is 16.9 Å². The van der Waals surface area contributed by atoms with E-state index < -0.39 is 0 Å². The Labute approximate surface area is 104 Å². The zero-order valence-corrected chi connectivity index (χ0v) is 10.1. The Morgan fingerprint density at radius 2 is 1.72 bits per heavy atom. The summed E-state index contributed by atoms with van der Waals surface area (Å²) in [5.74, 6) is -0.112. The van der Waals surface area contributed by atoms with E-state index in [1.165, 1.54) is 4.68 Å². The molecule has 0 saturated carbocycles. The highest BCUT2D eigenvalue weighted by Crippen LogP contribution is 2.20. The number of aryl methyl sites for hydroxylation is 2. The summed E-state index contributed by atoms with van der Waals surface area (Å²) in [7, 11) is 0. The quantitative estimate of drug-likeness (QED) is 0.645. The first-order valence-electron chi connectivity index (χ1n) is 5.62. The van der Waals surface area contributed by atoms with Crippen LogP contribution in [0.5, 0.6) is 5.88 Å². The molecule has 0 amide bonds. The predicted octanol–water partition coefficient (Wildman–Crippen LogP) is 1.51. The van der Waals surface area contributed by atoms with Crippen LogP contribution in [0.3, 0.4) is 0 Å². The van der Waals surface area contributed by atoms with Crippen LogP contribution in [-0.2, 0) is 0 Å². The molecule has 0 aliphatic rings. The van der Waals surface area contributed by atoms with Crippen LogP contribution < -0.4 is 5.11 Å². The van der Waals surface area contributed by atoms with Gasteiger partial charge in [0.15, 0.2) is 5.82 Å². The number of rotatable bonds is 1. The average Bonchev–Trinajstić information content (AvgIpc) is 2.67. The molecule has 0 aliphatic carbocycles. The Kier molecular flexibility index (Phi) is 2.26. The summed E-state index contributed by atoms with van der Waals surface area (Å²) in [6.07, 6.45) is 0. The molecule has 5 nitrogen and oxygen atoms in total. The highest BCUT2D eigenvalue weighted by Gasteiger charge is 2.08. The SMILES string of the molecule is Cc1cc(C)n(-c2nc3ccccc3nc2[O-])n1. The lowest BCUT2D eigenvalue weighted by Gasteiger charge is -2.13. The molecule has 0 saturated heterocycles. The van der Waals surface area contributed by atoms with Gasteiger partial charge in [-0.15, -0.1) is 0 Å². The molecular formula is C13H11N4O-. The lowest BCUT2D eigenvalue weighted by molar-refractivity contribution is -0.274. The number of nitrogens with zero attached hydrogens (tertiary/aromatic N) is 4. The van der Waals surface area contributed by atoms with Crippen molar-refractivity contribution in [3.05, 3.63) is 41.7 Å². The van der Waals surface area contributed by atoms with E-state index in [9.17, 15) is 5.11 Å². The highest BCUT2D eigenvalue weighted by atomic mass is 16.3. The highest BCUT2D eigenvalue weighted by molar-refractivity contribution is 5.75. The van der Waals surface area contributed by atoms with Gasteiger partial charge in [0.25, 0.3) is 0 Å². The maximum absolute atomic E-state index is 12.0. The third-order valence-electron chi connectivity index (χ3n) is 2.73. The topological polar surface area (TPSA) is 66.7 Å². The molecular weight excluding hydrogens is 228 g/mol. The molecule has 0 N–H and O–H groups in total. The second-order valence-electron chi connectivity index (χ2n) is 4.18. The second kappa shape index (κ2) is 3.80. The lowest BCUT2D eigenvalue weighted by atomic mass is 10.3. The van der Waals surface area contributed by atoms with Gasteiger partial charge in [0.05, 0.1) is 16.7 Å². The van der Waals surface area contributed by atoms with Crippen molar-refractivity contribution in [3.8, 4) is 11.7 Å². The fourth-order valence-electron chi connectivity index (χ4n) is 1.96. The van der Waals surface area contributed by atoms with Crippen molar-refractivity contribution in [1.82, 2.24) is 19.7 Å². The number of benzene rings is 1. The molecule has 0 spiro atoms. The Balaban J connectivity index is 2.29. The Morgan fingerprint density at radius 1 is 1.06 bits per heavy atom. The van der Waals surface area contributed by atoms with E-state index in [1.807, 2.05) is 38.1 Å². The number of hydrogen-bond donors (Lipinski definition) is 0. The van der Waals surface area contributed by atoms with Gasteiger partial charge in [-0.1, -0.05) is 12.1 Å². The Bertz CT molecular complexity index is 733. The molecule has 3 rings (SSSR count). The molecule has 0 atom stereocenters. The van der Waals surface area contributed by atoms with Gasteiger partial charge in [-0.25, -0.2) is 9.67 Å². The van der Waals surface area contributed by atoms with Crippen molar-refractivity contribution in [1.29, 1.82) is 0 Å². The van der Waals surface area contributed by atoms with Crippen molar-refractivity contribution in [2.45, 2.75) is 13.8 Å². The number of para-hydroxylation sites is 2. The van der Waals surface area contributed by atoms with Crippen LogP contribution in [0.4, 0.5) is 0 Å². The first-order chi connectivity index (χ1) is 8.65. The Hall–Kier alpha value is -2.43. The molecule has 2 aromatic heterocycles. The van der Waals surface area contributed by atoms with Gasteiger partial charge in [0.2, 0.25) is 0 Å². The van der Waals surface area contributed by atoms with Crippen LogP contribution in [0.2, 0.25) is 0 Å². The van der Waals surface area contributed by atoms with E-state index in [1.54, 1.807) is 6.07 Å². The molecule has 0 bridgehead atoms. The largest absolute Gasteiger partial charge is 0.856 e. The van der Waals surface area contributed by atoms with Gasteiger partial charge in [-0.05, 0) is 32.0 Å². The fourth-order valence-corrected chi connectivity index (χ4v) is 1.96. The van der Waals surface area contributed by atoms with Gasteiger partial charge >= 0.3 is 0 Å². The smallest absolute Gasteiger partial charge is 0.165 e. The van der Waals surface area contributed by atoms with Crippen LogP contribution in [0.15, 0.2) is 30.3 Å². The molecule has 90 valence electrons. The van der Waals surface area contributed by atoms with Crippen molar-refractivity contribution in [2.75, 3.05) is 0 Å². The van der Waals surface area contributed by atoms with E-state index >= 15 is 0 Å². The summed E-state index contributed by atoms with van der Waals surface area (Å²) in [4.78, 5) is 8.37. The van der Waals surface area contributed by atoms with Crippen molar-refractivity contribution in [3.63, 3.8) is 0 Å². The van der Waals surface area contributed by atoms with Gasteiger partial charge in [-0.2, -0.15) is 5.10 Å². The predicted molar refractivity (Wildman–Crippen MR) is 65.6 cm³/mol. The molecule has 2 heterocycles. The molecule has 18 heavy (non-hydrogen) atoms. The number of aromatic nitrogens is 4. The van der Waals surface area contributed by atoms with Crippen molar-refractivity contribution in [2.24, 2.45) is 0 Å². The van der Waals surface area contributed by atoms with Crippen molar-refractivity contribution >= 4 is 11.0 Å². The van der Waals surface area contributed by atoms with Crippen LogP contribution >= 0.6 is 0 Å². The van der Waals surface area contributed by atoms with E-state index in [2.05, 4.69) is 15.1 Å². The van der Waals surface area contributed by atoms with Gasteiger partial charge in [-0.3, -0.25) is 4.98 Å². The van der Waals surface area contributed by atoms with E-state index in [-0.39, 0.29) is 11.7 Å². The number of hydrogen-bond acceptors (Lipinski definition) is 4. The molecule has 5 heteroatoms. The van der Waals surface area contributed by atoms with E-state index in [0.29, 0.717) is 11.0 Å². The summed E-state index contributed by atoms with van der Waals surface area (Å²) < 4.78 is 1.54. The molecule has 0 aliphatic heterocycles. The second-order valence-corrected chi connectivity index (χ2v) is 4.18. The zero-order chi connectivity index (χ0) is 12.7. The lowest BCUT2D eigenvalue weighted by Crippen LogP contribution is -2.09. The minimum absolute atomic E-state index is 0.249. The third kappa shape index (κ3) is 1.60. The summed E-state index contributed by atoms with van der Waals surface area (Å²) in [5, 5.41) is 16.2. The maximum atomic E-state index is 12.0. The van der Waals surface area contributed by atoms with Crippen LogP contribution in [0, 0.1) is 13.8 Å². The fraction of sp³-hybridized carbons (Fsp3) is 0.154. The van der Waals surface area contributed by atoms with Gasteiger partial charge in [0.1, 0.15) is 0 Å².